The molecule has 6 rings (SSSR count). The van der Waals surface area contributed by atoms with E-state index in [0.29, 0.717) is 23.5 Å². The fourth-order valence-corrected chi connectivity index (χ4v) is 5.89. The SMILES string of the molecule is O=C(NC1C2CC3CC1CC(O)(C3)C2)c1cc(CCc2ccccc2)no1. The van der Waals surface area contributed by atoms with E-state index in [9.17, 15) is 9.90 Å². The molecule has 1 aromatic carbocycles. The molecule has 0 saturated heterocycles. The zero-order valence-corrected chi connectivity index (χ0v) is 15.4. The first-order valence-corrected chi connectivity index (χ1v) is 10.1. The van der Waals surface area contributed by atoms with E-state index in [1.165, 1.54) is 5.56 Å². The molecule has 0 aliphatic heterocycles. The van der Waals surface area contributed by atoms with Gasteiger partial charge in [-0.05, 0) is 68.3 Å². The van der Waals surface area contributed by atoms with E-state index in [0.717, 1.165) is 50.6 Å². The molecule has 5 nitrogen and oxygen atoms in total. The van der Waals surface area contributed by atoms with Crippen molar-refractivity contribution in [1.29, 1.82) is 0 Å². The predicted molar refractivity (Wildman–Crippen MR) is 100 cm³/mol. The quantitative estimate of drug-likeness (QED) is 0.852. The zero-order valence-electron chi connectivity index (χ0n) is 15.4. The summed E-state index contributed by atoms with van der Waals surface area (Å²) in [5.74, 6) is 1.55. The molecule has 5 heteroatoms. The number of benzene rings is 1. The first kappa shape index (κ1) is 17.0. The van der Waals surface area contributed by atoms with E-state index in [1.54, 1.807) is 6.07 Å². The van der Waals surface area contributed by atoms with Gasteiger partial charge >= 0.3 is 0 Å². The van der Waals surface area contributed by atoms with Crippen molar-refractivity contribution in [3.8, 4) is 0 Å². The molecule has 4 bridgehead atoms. The van der Waals surface area contributed by atoms with Gasteiger partial charge in [0.25, 0.3) is 5.91 Å². The monoisotopic (exact) mass is 366 g/mol. The van der Waals surface area contributed by atoms with Gasteiger partial charge < -0.3 is 14.9 Å². The highest BCUT2D eigenvalue weighted by Crippen LogP contribution is 2.55. The van der Waals surface area contributed by atoms with Crippen LogP contribution in [0.5, 0.6) is 0 Å². The lowest BCUT2D eigenvalue weighted by Crippen LogP contribution is -2.61. The molecule has 4 aliphatic carbocycles. The summed E-state index contributed by atoms with van der Waals surface area (Å²) in [4.78, 5) is 12.7. The van der Waals surface area contributed by atoms with Gasteiger partial charge in [-0.1, -0.05) is 35.5 Å². The van der Waals surface area contributed by atoms with Crippen LogP contribution in [0.25, 0.3) is 0 Å². The number of aromatic nitrogens is 1. The molecule has 27 heavy (non-hydrogen) atoms. The van der Waals surface area contributed by atoms with Crippen LogP contribution in [0.1, 0.15) is 53.9 Å². The molecule has 1 aromatic heterocycles. The van der Waals surface area contributed by atoms with Gasteiger partial charge in [0.1, 0.15) is 0 Å². The summed E-state index contributed by atoms with van der Waals surface area (Å²) in [6.45, 7) is 0. The molecule has 4 saturated carbocycles. The van der Waals surface area contributed by atoms with Crippen molar-refractivity contribution in [2.75, 3.05) is 0 Å². The molecule has 4 aliphatic rings. The van der Waals surface area contributed by atoms with Crippen molar-refractivity contribution in [3.63, 3.8) is 0 Å². The highest BCUT2D eigenvalue weighted by Gasteiger charge is 2.55. The highest BCUT2D eigenvalue weighted by molar-refractivity contribution is 5.91. The topological polar surface area (TPSA) is 75.4 Å². The predicted octanol–water partition coefficient (Wildman–Crippen LogP) is 3.13. The molecule has 4 fully saturated rings. The summed E-state index contributed by atoms with van der Waals surface area (Å²) in [7, 11) is 0. The molecule has 0 spiro atoms. The second kappa shape index (κ2) is 6.48. The van der Waals surface area contributed by atoms with E-state index in [4.69, 9.17) is 4.52 Å². The van der Waals surface area contributed by atoms with Gasteiger partial charge in [-0.15, -0.1) is 0 Å². The number of nitrogens with zero attached hydrogens (tertiary/aromatic N) is 1. The maximum Gasteiger partial charge on any atom is 0.290 e. The van der Waals surface area contributed by atoms with Crippen LogP contribution in [0.15, 0.2) is 40.9 Å². The van der Waals surface area contributed by atoms with E-state index in [1.807, 2.05) is 18.2 Å². The van der Waals surface area contributed by atoms with E-state index >= 15 is 0 Å². The summed E-state index contributed by atoms with van der Waals surface area (Å²) >= 11 is 0. The molecule has 142 valence electrons. The fourth-order valence-electron chi connectivity index (χ4n) is 5.89. The van der Waals surface area contributed by atoms with Crippen LogP contribution in [-0.4, -0.2) is 27.8 Å². The van der Waals surface area contributed by atoms with Crippen molar-refractivity contribution in [3.05, 3.63) is 53.4 Å². The molecule has 0 radical (unpaired) electrons. The Bertz CT molecular complexity index is 815. The largest absolute Gasteiger partial charge is 0.390 e. The number of aliphatic hydroxyl groups is 1. The molecular weight excluding hydrogens is 340 g/mol. The molecule has 1 heterocycles. The van der Waals surface area contributed by atoms with Crippen molar-refractivity contribution in [1.82, 2.24) is 10.5 Å². The average Bonchev–Trinajstić information content (AvgIpc) is 3.12. The molecule has 2 atom stereocenters. The number of hydrogen-bond acceptors (Lipinski definition) is 4. The minimum Gasteiger partial charge on any atom is -0.390 e. The second-order valence-electron chi connectivity index (χ2n) is 8.86. The number of aryl methyl sites for hydroxylation is 2. The lowest BCUT2D eigenvalue weighted by molar-refractivity contribution is -0.137. The molecule has 2 N–H and O–H groups in total. The molecule has 2 aromatic rings. The van der Waals surface area contributed by atoms with Gasteiger partial charge in [0.15, 0.2) is 0 Å². The van der Waals surface area contributed by atoms with Gasteiger partial charge in [0.2, 0.25) is 5.76 Å². The van der Waals surface area contributed by atoms with Crippen LogP contribution in [0, 0.1) is 17.8 Å². The number of carbonyl (C=O) groups excluding carboxylic acids is 1. The Balaban J connectivity index is 1.21. The average molecular weight is 366 g/mol. The Labute approximate surface area is 159 Å². The molecule has 2 unspecified atom stereocenters. The molecule has 1 amide bonds. The Hall–Kier alpha value is -2.14. The molecular formula is C22H26N2O3. The van der Waals surface area contributed by atoms with Crippen LogP contribution in [0.3, 0.4) is 0 Å². The van der Waals surface area contributed by atoms with E-state index in [2.05, 4.69) is 22.6 Å². The van der Waals surface area contributed by atoms with Crippen molar-refractivity contribution in [2.24, 2.45) is 17.8 Å². The van der Waals surface area contributed by atoms with Crippen molar-refractivity contribution < 1.29 is 14.4 Å². The van der Waals surface area contributed by atoms with E-state index in [-0.39, 0.29) is 11.9 Å². The van der Waals surface area contributed by atoms with Crippen LogP contribution >= 0.6 is 0 Å². The Morgan fingerprint density at radius 1 is 1.15 bits per heavy atom. The first-order chi connectivity index (χ1) is 13.1. The lowest BCUT2D eigenvalue weighted by atomic mass is 9.52. The van der Waals surface area contributed by atoms with Gasteiger partial charge in [-0.2, -0.15) is 0 Å². The Morgan fingerprint density at radius 2 is 1.89 bits per heavy atom. The number of hydrogen-bond donors (Lipinski definition) is 2. The maximum atomic E-state index is 12.7. The summed E-state index contributed by atoms with van der Waals surface area (Å²) < 4.78 is 5.32. The third kappa shape index (κ3) is 3.29. The van der Waals surface area contributed by atoms with Gasteiger partial charge in [0, 0.05) is 12.1 Å². The first-order valence-electron chi connectivity index (χ1n) is 10.1. The van der Waals surface area contributed by atoms with Gasteiger partial charge in [0.05, 0.1) is 11.3 Å². The van der Waals surface area contributed by atoms with E-state index < -0.39 is 5.60 Å². The zero-order chi connectivity index (χ0) is 18.4. The van der Waals surface area contributed by atoms with Crippen LogP contribution < -0.4 is 5.32 Å². The minimum atomic E-state index is -0.478. The normalized spacial score (nSPS) is 34.0. The lowest BCUT2D eigenvalue weighted by Gasteiger charge is -2.58. The van der Waals surface area contributed by atoms with Crippen molar-refractivity contribution in [2.45, 2.75) is 56.6 Å². The third-order valence-corrected chi connectivity index (χ3v) is 6.83. The maximum absolute atomic E-state index is 12.7. The Morgan fingerprint density at radius 3 is 2.59 bits per heavy atom. The van der Waals surface area contributed by atoms with Crippen molar-refractivity contribution >= 4 is 5.91 Å². The number of amides is 1. The second-order valence-corrected chi connectivity index (χ2v) is 8.86. The standard InChI is InChI=1S/C22H26N2O3/c25-21(19-10-18(24-27-19)7-6-14-4-2-1-3-5-14)23-20-16-8-15-9-17(20)13-22(26,11-15)12-16/h1-5,10,15-17,20,26H,6-9,11-13H2,(H,23,25). The number of carbonyl (C=O) groups is 1. The van der Waals surface area contributed by atoms with Crippen LogP contribution in [0.2, 0.25) is 0 Å². The third-order valence-electron chi connectivity index (χ3n) is 6.83. The summed E-state index contributed by atoms with van der Waals surface area (Å²) in [5, 5.41) is 18.0. The number of rotatable bonds is 5. The highest BCUT2D eigenvalue weighted by atomic mass is 16.5. The summed E-state index contributed by atoms with van der Waals surface area (Å²) in [6, 6.07) is 12.2. The number of nitrogens with one attached hydrogen (secondary N) is 1. The summed E-state index contributed by atoms with van der Waals surface area (Å²) in [5.41, 5.74) is 1.58. The van der Waals surface area contributed by atoms with Gasteiger partial charge in [-0.25, -0.2) is 0 Å². The van der Waals surface area contributed by atoms with Gasteiger partial charge in [-0.3, -0.25) is 4.79 Å². The Kier molecular flexibility index (Phi) is 4.08. The summed E-state index contributed by atoms with van der Waals surface area (Å²) in [6.07, 6.45) is 6.48. The smallest absolute Gasteiger partial charge is 0.290 e. The minimum absolute atomic E-state index is 0.159. The van der Waals surface area contributed by atoms with Crippen LogP contribution in [0.4, 0.5) is 0 Å². The van der Waals surface area contributed by atoms with Crippen LogP contribution in [-0.2, 0) is 12.8 Å². The fraction of sp³-hybridized carbons (Fsp3) is 0.545.